The Morgan fingerprint density at radius 1 is 1.50 bits per heavy atom. The molecular weight excluding hydrogens is 126 g/mol. The molecule has 1 saturated heterocycles. The molecule has 0 aromatic rings. The summed E-state index contributed by atoms with van der Waals surface area (Å²) in [6, 6.07) is 0. The quantitative estimate of drug-likeness (QED) is 0.497. The molecule has 1 aliphatic rings. The SMILES string of the molecule is CC(=O)N1CCC(C)(C)C1. The van der Waals surface area contributed by atoms with Crippen LogP contribution in [-0.4, -0.2) is 23.9 Å². The molecule has 1 aliphatic heterocycles. The van der Waals surface area contributed by atoms with Gasteiger partial charge in [0.1, 0.15) is 0 Å². The van der Waals surface area contributed by atoms with Crippen LogP contribution in [0.3, 0.4) is 0 Å². The van der Waals surface area contributed by atoms with Crippen molar-refractivity contribution in [1.29, 1.82) is 0 Å². The lowest BCUT2D eigenvalue weighted by Crippen LogP contribution is -2.27. The highest BCUT2D eigenvalue weighted by Gasteiger charge is 2.30. The molecule has 1 heterocycles. The highest BCUT2D eigenvalue weighted by molar-refractivity contribution is 5.73. The second-order valence-corrected chi connectivity index (χ2v) is 3.85. The first kappa shape index (κ1) is 7.58. The summed E-state index contributed by atoms with van der Waals surface area (Å²) in [5, 5.41) is 0. The van der Waals surface area contributed by atoms with Gasteiger partial charge in [-0.05, 0) is 11.8 Å². The maximum Gasteiger partial charge on any atom is 0.219 e. The second-order valence-electron chi connectivity index (χ2n) is 3.85. The highest BCUT2D eigenvalue weighted by Crippen LogP contribution is 2.28. The van der Waals surface area contributed by atoms with Crippen LogP contribution in [0.5, 0.6) is 0 Å². The highest BCUT2D eigenvalue weighted by atomic mass is 16.2. The molecule has 0 saturated carbocycles. The topological polar surface area (TPSA) is 20.3 Å². The molecule has 1 fully saturated rings. The summed E-state index contributed by atoms with van der Waals surface area (Å²) >= 11 is 0. The lowest BCUT2D eigenvalue weighted by molar-refractivity contribution is -0.128. The van der Waals surface area contributed by atoms with Crippen LogP contribution >= 0.6 is 0 Å². The van der Waals surface area contributed by atoms with Gasteiger partial charge >= 0.3 is 0 Å². The molecule has 2 nitrogen and oxygen atoms in total. The summed E-state index contributed by atoms with van der Waals surface area (Å²) in [6.07, 6.45) is 1.15. The molecule has 0 atom stereocenters. The molecule has 1 amide bonds. The Balaban J connectivity index is 2.51. The van der Waals surface area contributed by atoms with Gasteiger partial charge in [0.25, 0.3) is 0 Å². The first-order valence-corrected chi connectivity index (χ1v) is 3.77. The minimum atomic E-state index is 0.213. The summed E-state index contributed by atoms with van der Waals surface area (Å²) in [5.74, 6) is 0.213. The number of hydrogen-bond acceptors (Lipinski definition) is 1. The van der Waals surface area contributed by atoms with Crippen molar-refractivity contribution in [1.82, 2.24) is 4.90 Å². The first-order chi connectivity index (χ1) is 4.51. The van der Waals surface area contributed by atoms with Crippen LogP contribution in [0.1, 0.15) is 27.2 Å². The van der Waals surface area contributed by atoms with Crippen LogP contribution in [0, 0.1) is 5.41 Å². The lowest BCUT2D eigenvalue weighted by atomic mass is 9.93. The van der Waals surface area contributed by atoms with E-state index in [1.54, 1.807) is 6.92 Å². The van der Waals surface area contributed by atoms with E-state index in [1.165, 1.54) is 0 Å². The number of rotatable bonds is 0. The Kier molecular flexibility index (Phi) is 1.71. The number of carbonyl (C=O) groups is 1. The van der Waals surface area contributed by atoms with E-state index in [1.807, 2.05) is 4.90 Å². The van der Waals surface area contributed by atoms with Crippen LogP contribution in [-0.2, 0) is 4.79 Å². The van der Waals surface area contributed by atoms with Crippen molar-refractivity contribution in [2.24, 2.45) is 5.41 Å². The molecule has 0 bridgehead atoms. The largest absolute Gasteiger partial charge is 0.342 e. The minimum absolute atomic E-state index is 0.213. The van der Waals surface area contributed by atoms with E-state index in [0.717, 1.165) is 19.5 Å². The standard InChI is InChI=1S/C8H15NO/c1-7(10)9-5-4-8(2,3)6-9/h4-6H2,1-3H3. The van der Waals surface area contributed by atoms with Crippen LogP contribution in [0.4, 0.5) is 0 Å². The lowest BCUT2D eigenvalue weighted by Gasteiger charge is -2.17. The molecule has 0 aromatic carbocycles. The van der Waals surface area contributed by atoms with Gasteiger partial charge in [-0.25, -0.2) is 0 Å². The van der Waals surface area contributed by atoms with Gasteiger partial charge in [-0.15, -0.1) is 0 Å². The third-order valence-corrected chi connectivity index (χ3v) is 2.12. The van der Waals surface area contributed by atoms with Gasteiger partial charge in [-0.2, -0.15) is 0 Å². The Morgan fingerprint density at radius 3 is 2.30 bits per heavy atom. The van der Waals surface area contributed by atoms with E-state index in [2.05, 4.69) is 13.8 Å². The van der Waals surface area contributed by atoms with Gasteiger partial charge in [-0.3, -0.25) is 4.79 Å². The van der Waals surface area contributed by atoms with Crippen LogP contribution in [0.2, 0.25) is 0 Å². The summed E-state index contributed by atoms with van der Waals surface area (Å²) < 4.78 is 0. The Morgan fingerprint density at radius 2 is 2.10 bits per heavy atom. The summed E-state index contributed by atoms with van der Waals surface area (Å²) in [4.78, 5) is 12.8. The monoisotopic (exact) mass is 141 g/mol. The maximum absolute atomic E-state index is 10.9. The fraction of sp³-hybridized carbons (Fsp3) is 0.875. The van der Waals surface area contributed by atoms with Crippen LogP contribution in [0.15, 0.2) is 0 Å². The first-order valence-electron chi connectivity index (χ1n) is 3.77. The number of hydrogen-bond donors (Lipinski definition) is 0. The predicted octanol–water partition coefficient (Wildman–Crippen LogP) is 1.26. The van der Waals surface area contributed by atoms with Gasteiger partial charge < -0.3 is 4.90 Å². The average Bonchev–Trinajstić information content (AvgIpc) is 2.10. The Labute approximate surface area is 62.2 Å². The van der Waals surface area contributed by atoms with Crippen molar-refractivity contribution in [3.63, 3.8) is 0 Å². The Bertz CT molecular complexity index is 151. The molecule has 0 N–H and O–H groups in total. The third kappa shape index (κ3) is 1.49. The van der Waals surface area contributed by atoms with Gasteiger partial charge in [0, 0.05) is 20.0 Å². The van der Waals surface area contributed by atoms with Crippen molar-refractivity contribution in [2.75, 3.05) is 13.1 Å². The fourth-order valence-electron chi connectivity index (χ4n) is 1.38. The fourth-order valence-corrected chi connectivity index (χ4v) is 1.38. The number of carbonyl (C=O) groups excluding carboxylic acids is 1. The Hall–Kier alpha value is -0.530. The smallest absolute Gasteiger partial charge is 0.219 e. The second kappa shape index (κ2) is 2.26. The number of likely N-dealkylation sites (tertiary alicyclic amines) is 1. The minimum Gasteiger partial charge on any atom is -0.342 e. The molecule has 0 aromatic heterocycles. The van der Waals surface area contributed by atoms with Crippen molar-refractivity contribution in [3.05, 3.63) is 0 Å². The normalized spacial score (nSPS) is 23.3. The summed E-state index contributed by atoms with van der Waals surface area (Å²) in [5.41, 5.74) is 0.353. The van der Waals surface area contributed by atoms with E-state index >= 15 is 0 Å². The number of amides is 1. The molecule has 2 heteroatoms. The van der Waals surface area contributed by atoms with Crippen molar-refractivity contribution >= 4 is 5.91 Å². The molecule has 58 valence electrons. The molecular formula is C8H15NO. The zero-order valence-electron chi connectivity index (χ0n) is 6.98. The van der Waals surface area contributed by atoms with Crippen molar-refractivity contribution in [3.8, 4) is 0 Å². The van der Waals surface area contributed by atoms with Gasteiger partial charge in [0.05, 0.1) is 0 Å². The van der Waals surface area contributed by atoms with Crippen LogP contribution in [0.25, 0.3) is 0 Å². The van der Waals surface area contributed by atoms with E-state index < -0.39 is 0 Å². The average molecular weight is 141 g/mol. The van der Waals surface area contributed by atoms with Gasteiger partial charge in [0.15, 0.2) is 0 Å². The molecule has 10 heavy (non-hydrogen) atoms. The zero-order chi connectivity index (χ0) is 7.78. The van der Waals surface area contributed by atoms with Gasteiger partial charge in [-0.1, -0.05) is 13.8 Å². The number of nitrogens with zero attached hydrogens (tertiary/aromatic N) is 1. The predicted molar refractivity (Wildman–Crippen MR) is 40.7 cm³/mol. The molecule has 0 radical (unpaired) electrons. The molecule has 1 rings (SSSR count). The van der Waals surface area contributed by atoms with E-state index in [9.17, 15) is 4.79 Å². The van der Waals surface area contributed by atoms with E-state index in [4.69, 9.17) is 0 Å². The summed E-state index contributed by atoms with van der Waals surface area (Å²) in [7, 11) is 0. The van der Waals surface area contributed by atoms with E-state index in [-0.39, 0.29) is 5.91 Å². The van der Waals surface area contributed by atoms with Crippen molar-refractivity contribution < 1.29 is 4.79 Å². The van der Waals surface area contributed by atoms with Gasteiger partial charge in [0.2, 0.25) is 5.91 Å². The molecule has 0 aliphatic carbocycles. The molecule has 0 unspecified atom stereocenters. The van der Waals surface area contributed by atoms with Crippen molar-refractivity contribution in [2.45, 2.75) is 27.2 Å². The maximum atomic E-state index is 10.9. The molecule has 0 spiro atoms. The summed E-state index contributed by atoms with van der Waals surface area (Å²) in [6.45, 7) is 7.93. The third-order valence-electron chi connectivity index (χ3n) is 2.12. The van der Waals surface area contributed by atoms with Crippen LogP contribution < -0.4 is 0 Å². The van der Waals surface area contributed by atoms with E-state index in [0.29, 0.717) is 5.41 Å². The zero-order valence-corrected chi connectivity index (χ0v) is 6.98.